The number of carbonyl (C=O) groups is 1. The Bertz CT molecular complexity index is 363. The van der Waals surface area contributed by atoms with E-state index in [1.807, 2.05) is 19.4 Å². The summed E-state index contributed by atoms with van der Waals surface area (Å²) in [6.45, 7) is 2.87. The lowest BCUT2D eigenvalue weighted by molar-refractivity contribution is -0.143. The molecule has 1 rings (SSSR count). The summed E-state index contributed by atoms with van der Waals surface area (Å²) in [5.41, 5.74) is 1.17. The van der Waals surface area contributed by atoms with E-state index in [0.29, 0.717) is 0 Å². The second-order valence-electron chi connectivity index (χ2n) is 4.44. The quantitative estimate of drug-likeness (QED) is 0.709. The van der Waals surface area contributed by atoms with E-state index < -0.39 is 0 Å². The van der Waals surface area contributed by atoms with Gasteiger partial charge in [-0.25, -0.2) is 0 Å². The summed E-state index contributed by atoms with van der Waals surface area (Å²) in [7, 11) is 3.33. The molecule has 1 heterocycles. The van der Waals surface area contributed by atoms with E-state index in [0.717, 1.165) is 32.2 Å². The maximum absolute atomic E-state index is 11.6. The van der Waals surface area contributed by atoms with Crippen LogP contribution in [0.5, 0.6) is 0 Å². The smallest absolute Gasteiger partial charge is 0.322 e. The molecule has 1 N–H and O–H groups in total. The highest BCUT2D eigenvalue weighted by molar-refractivity contribution is 5.75. The van der Waals surface area contributed by atoms with Crippen LogP contribution in [0.3, 0.4) is 0 Å². The van der Waals surface area contributed by atoms with Gasteiger partial charge in [0.15, 0.2) is 0 Å². The van der Waals surface area contributed by atoms with Crippen LogP contribution < -0.4 is 5.32 Å². The summed E-state index contributed by atoms with van der Waals surface area (Å²) in [5, 5.41) is 7.36. The van der Waals surface area contributed by atoms with Gasteiger partial charge in [0.2, 0.25) is 0 Å². The number of ether oxygens (including phenoxy) is 1. The minimum absolute atomic E-state index is 0.172. The van der Waals surface area contributed by atoms with Gasteiger partial charge >= 0.3 is 5.97 Å². The first-order valence-corrected chi connectivity index (χ1v) is 6.46. The predicted octanol–water partition coefficient (Wildman–Crippen LogP) is 1.28. The van der Waals surface area contributed by atoms with Gasteiger partial charge in [0.1, 0.15) is 6.04 Å². The van der Waals surface area contributed by atoms with Crippen molar-refractivity contribution in [2.45, 2.75) is 38.6 Å². The molecule has 0 aromatic carbocycles. The van der Waals surface area contributed by atoms with Crippen molar-refractivity contribution in [2.24, 2.45) is 7.05 Å². The number of nitrogens with one attached hydrogen (secondary N) is 1. The number of nitrogens with zero attached hydrogens (tertiary/aromatic N) is 2. The number of unbranched alkanes of at least 4 members (excludes halogenated alkanes) is 1. The molecule has 0 bridgehead atoms. The molecule has 102 valence electrons. The fourth-order valence-corrected chi connectivity index (χ4v) is 1.85. The van der Waals surface area contributed by atoms with Crippen LogP contribution in [0.2, 0.25) is 0 Å². The van der Waals surface area contributed by atoms with Crippen LogP contribution in [-0.2, 0) is 23.0 Å². The zero-order valence-electron chi connectivity index (χ0n) is 11.5. The van der Waals surface area contributed by atoms with Crippen LogP contribution in [0, 0.1) is 0 Å². The number of carbonyl (C=O) groups excluding carboxylic acids is 1. The van der Waals surface area contributed by atoms with E-state index in [9.17, 15) is 4.79 Å². The molecule has 5 nitrogen and oxygen atoms in total. The molecule has 1 aromatic rings. The number of aromatic nitrogens is 2. The third-order valence-corrected chi connectivity index (χ3v) is 2.89. The summed E-state index contributed by atoms with van der Waals surface area (Å²) < 4.78 is 6.58. The summed E-state index contributed by atoms with van der Waals surface area (Å²) in [6.07, 6.45) is 7.64. The molecular weight excluding hydrogens is 230 g/mol. The van der Waals surface area contributed by atoms with E-state index in [2.05, 4.69) is 17.3 Å². The standard InChI is InChI=1S/C13H23N3O2/c1-4-5-6-12(13(17)18-3)14-8-7-11-9-15-16(2)10-11/h9-10,12,14H,4-8H2,1-3H3. The summed E-state index contributed by atoms with van der Waals surface area (Å²) in [4.78, 5) is 11.6. The fourth-order valence-electron chi connectivity index (χ4n) is 1.85. The lowest BCUT2D eigenvalue weighted by atomic mass is 10.1. The van der Waals surface area contributed by atoms with Crippen molar-refractivity contribution in [3.05, 3.63) is 18.0 Å². The van der Waals surface area contributed by atoms with Crippen molar-refractivity contribution in [2.75, 3.05) is 13.7 Å². The average Bonchev–Trinajstić information content (AvgIpc) is 2.78. The van der Waals surface area contributed by atoms with Gasteiger partial charge in [-0.05, 0) is 18.4 Å². The second-order valence-corrected chi connectivity index (χ2v) is 4.44. The largest absolute Gasteiger partial charge is 0.468 e. The SMILES string of the molecule is CCCCC(NCCc1cnn(C)c1)C(=O)OC. The number of rotatable bonds is 8. The lowest BCUT2D eigenvalue weighted by Crippen LogP contribution is -2.38. The van der Waals surface area contributed by atoms with Gasteiger partial charge in [-0.3, -0.25) is 9.48 Å². The molecule has 0 saturated carbocycles. The third kappa shape index (κ3) is 4.87. The Balaban J connectivity index is 2.34. The first-order chi connectivity index (χ1) is 8.67. The molecule has 0 saturated heterocycles. The molecule has 0 aliphatic carbocycles. The number of hydrogen-bond donors (Lipinski definition) is 1. The molecule has 0 aliphatic heterocycles. The molecule has 1 atom stereocenters. The van der Waals surface area contributed by atoms with Crippen LogP contribution >= 0.6 is 0 Å². The highest BCUT2D eigenvalue weighted by Gasteiger charge is 2.17. The molecule has 0 aliphatic rings. The maximum atomic E-state index is 11.6. The molecule has 0 radical (unpaired) electrons. The van der Waals surface area contributed by atoms with Crippen molar-refractivity contribution in [3.8, 4) is 0 Å². The Labute approximate surface area is 109 Å². The van der Waals surface area contributed by atoms with Crippen LogP contribution in [0.4, 0.5) is 0 Å². The summed E-state index contributed by atoms with van der Waals surface area (Å²) in [5.74, 6) is -0.172. The Hall–Kier alpha value is -1.36. The van der Waals surface area contributed by atoms with Gasteiger partial charge in [0.05, 0.1) is 13.3 Å². The molecule has 0 spiro atoms. The Morgan fingerprint density at radius 2 is 2.39 bits per heavy atom. The minimum Gasteiger partial charge on any atom is -0.468 e. The van der Waals surface area contributed by atoms with Gasteiger partial charge in [-0.15, -0.1) is 0 Å². The van der Waals surface area contributed by atoms with Gasteiger partial charge < -0.3 is 10.1 Å². The van der Waals surface area contributed by atoms with Crippen molar-refractivity contribution in [1.29, 1.82) is 0 Å². The van der Waals surface area contributed by atoms with Crippen molar-refractivity contribution >= 4 is 5.97 Å². The topological polar surface area (TPSA) is 56.2 Å². The third-order valence-electron chi connectivity index (χ3n) is 2.89. The summed E-state index contributed by atoms with van der Waals surface area (Å²) in [6, 6.07) is -0.188. The van der Waals surface area contributed by atoms with Crippen LogP contribution in [-0.4, -0.2) is 35.4 Å². The van der Waals surface area contributed by atoms with Crippen LogP contribution in [0.15, 0.2) is 12.4 Å². The van der Waals surface area contributed by atoms with Gasteiger partial charge in [0, 0.05) is 19.8 Å². The van der Waals surface area contributed by atoms with E-state index >= 15 is 0 Å². The normalized spacial score (nSPS) is 12.4. The van der Waals surface area contributed by atoms with E-state index in [1.54, 1.807) is 4.68 Å². The highest BCUT2D eigenvalue weighted by atomic mass is 16.5. The Morgan fingerprint density at radius 3 is 2.94 bits per heavy atom. The minimum atomic E-state index is -0.188. The van der Waals surface area contributed by atoms with Crippen molar-refractivity contribution < 1.29 is 9.53 Å². The zero-order chi connectivity index (χ0) is 13.4. The molecule has 1 unspecified atom stereocenters. The molecule has 18 heavy (non-hydrogen) atoms. The number of hydrogen-bond acceptors (Lipinski definition) is 4. The van der Waals surface area contributed by atoms with E-state index in [1.165, 1.54) is 12.7 Å². The monoisotopic (exact) mass is 253 g/mol. The fraction of sp³-hybridized carbons (Fsp3) is 0.692. The Morgan fingerprint density at radius 1 is 1.61 bits per heavy atom. The van der Waals surface area contributed by atoms with Crippen molar-refractivity contribution in [1.82, 2.24) is 15.1 Å². The second kappa shape index (κ2) is 7.87. The van der Waals surface area contributed by atoms with E-state index in [-0.39, 0.29) is 12.0 Å². The molecule has 1 aromatic heterocycles. The maximum Gasteiger partial charge on any atom is 0.322 e. The molecular formula is C13H23N3O2. The van der Waals surface area contributed by atoms with Crippen molar-refractivity contribution in [3.63, 3.8) is 0 Å². The Kier molecular flexibility index (Phi) is 6.43. The predicted molar refractivity (Wildman–Crippen MR) is 70.2 cm³/mol. The van der Waals surface area contributed by atoms with Gasteiger partial charge in [-0.1, -0.05) is 19.8 Å². The van der Waals surface area contributed by atoms with E-state index in [4.69, 9.17) is 4.74 Å². The average molecular weight is 253 g/mol. The highest BCUT2D eigenvalue weighted by Crippen LogP contribution is 2.03. The molecule has 5 heteroatoms. The lowest BCUT2D eigenvalue weighted by Gasteiger charge is -2.15. The molecule has 0 amide bonds. The van der Waals surface area contributed by atoms with Gasteiger partial charge in [0.25, 0.3) is 0 Å². The summed E-state index contributed by atoms with van der Waals surface area (Å²) >= 11 is 0. The first kappa shape index (κ1) is 14.7. The number of esters is 1. The van der Waals surface area contributed by atoms with Crippen LogP contribution in [0.1, 0.15) is 31.7 Å². The number of aryl methyl sites for hydroxylation is 1. The van der Waals surface area contributed by atoms with Gasteiger partial charge in [-0.2, -0.15) is 5.10 Å². The zero-order valence-corrected chi connectivity index (χ0v) is 11.5. The number of methoxy groups -OCH3 is 1. The van der Waals surface area contributed by atoms with Crippen LogP contribution in [0.25, 0.3) is 0 Å². The molecule has 0 fully saturated rings. The first-order valence-electron chi connectivity index (χ1n) is 6.46.